The molecule has 0 aromatic carbocycles. The second kappa shape index (κ2) is 44.3. The SMILES string of the molecule is CC/C=C\C/C=C\C/C=C\C/C=C\C/C=C\CCCC(=O)OCC(O)COP(=O)(O)OCC(NC(=O)CCCCCCCCCCCCC/C=C\C/C=C\CCCCC)C(=O)O. The van der Waals surface area contributed by atoms with E-state index < -0.39 is 57.6 Å². The number of hydrogen-bond acceptors (Lipinski definition) is 8. The number of carboxylic acid groups (broad SMARTS) is 1. The van der Waals surface area contributed by atoms with Crippen LogP contribution in [0.3, 0.4) is 0 Å². The maximum Gasteiger partial charge on any atom is 0.472 e. The number of nitrogens with one attached hydrogen (secondary N) is 1. The average molecular weight is 890 g/mol. The molecule has 0 aliphatic heterocycles. The fraction of sp³-hybridized carbons (Fsp3) is 0.660. The highest BCUT2D eigenvalue weighted by Gasteiger charge is 2.28. The fourth-order valence-electron chi connectivity index (χ4n) is 6.03. The number of unbranched alkanes of at least 4 members (excludes halogenated alkanes) is 15. The van der Waals surface area contributed by atoms with Crippen molar-refractivity contribution >= 4 is 25.7 Å². The number of amides is 1. The van der Waals surface area contributed by atoms with Crippen LogP contribution in [-0.2, 0) is 32.7 Å². The van der Waals surface area contributed by atoms with Crippen LogP contribution in [-0.4, -0.2) is 64.9 Å². The molecular weight excluding hydrogens is 806 g/mol. The summed E-state index contributed by atoms with van der Waals surface area (Å²) in [5.41, 5.74) is 0. The molecule has 3 unspecified atom stereocenters. The highest BCUT2D eigenvalue weighted by atomic mass is 31.2. The molecule has 0 fully saturated rings. The molecule has 0 saturated carbocycles. The highest BCUT2D eigenvalue weighted by Crippen LogP contribution is 2.43. The number of phosphoric acid groups is 1. The van der Waals surface area contributed by atoms with Crippen LogP contribution >= 0.6 is 7.82 Å². The van der Waals surface area contributed by atoms with Gasteiger partial charge in [0, 0.05) is 12.8 Å². The maximum atomic E-state index is 12.4. The zero-order valence-corrected chi connectivity index (χ0v) is 39.3. The zero-order valence-electron chi connectivity index (χ0n) is 38.4. The molecule has 12 heteroatoms. The fourth-order valence-corrected chi connectivity index (χ4v) is 6.80. The van der Waals surface area contributed by atoms with Crippen molar-refractivity contribution in [3.8, 4) is 0 Å². The highest BCUT2D eigenvalue weighted by molar-refractivity contribution is 7.47. The van der Waals surface area contributed by atoms with Gasteiger partial charge in [-0.15, -0.1) is 0 Å². The first kappa shape index (κ1) is 58.7. The molecular formula is C50H84NO10P. The van der Waals surface area contributed by atoms with Crippen LogP contribution in [0.15, 0.2) is 85.1 Å². The molecule has 0 aliphatic carbocycles. The summed E-state index contributed by atoms with van der Waals surface area (Å²) in [5, 5.41) is 21.9. The summed E-state index contributed by atoms with van der Waals surface area (Å²) < 4.78 is 26.8. The molecule has 0 saturated heterocycles. The molecule has 11 nitrogen and oxygen atoms in total. The standard InChI is InChI=1S/C50H84NO10P/c1-3-5-7-9-11-13-15-17-19-21-22-23-24-26-27-29-31-33-35-37-39-41-48(53)51-47(50(55)56)45-61-62(57,58)60-44-46(52)43-59-49(54)42-40-38-36-34-32-30-28-25-20-18-16-14-12-10-8-6-4-2/h6,8,11-14,17-20,28,30,34,36,46-47,52H,3-5,7,9-10,15-16,21-27,29,31-33,35,37-45H2,1-2H3,(H,51,53)(H,55,56)(H,57,58)/b8-6-,13-11-,14-12-,19-17-,20-18-,30-28-,36-34-. The Balaban J connectivity index is 3.94. The van der Waals surface area contributed by atoms with Crippen molar-refractivity contribution in [3.63, 3.8) is 0 Å². The van der Waals surface area contributed by atoms with E-state index in [2.05, 4.69) is 92.1 Å². The number of carbonyl (C=O) groups is 3. The van der Waals surface area contributed by atoms with Crippen molar-refractivity contribution in [3.05, 3.63) is 85.1 Å². The Bertz CT molecular complexity index is 1370. The topological polar surface area (TPSA) is 169 Å². The molecule has 0 aromatic rings. The Morgan fingerprint density at radius 2 is 0.952 bits per heavy atom. The van der Waals surface area contributed by atoms with E-state index >= 15 is 0 Å². The normalized spacial score (nSPS) is 14.4. The molecule has 0 radical (unpaired) electrons. The van der Waals surface area contributed by atoms with Crippen LogP contribution in [0.5, 0.6) is 0 Å². The van der Waals surface area contributed by atoms with E-state index in [1.807, 2.05) is 12.2 Å². The number of rotatable bonds is 43. The van der Waals surface area contributed by atoms with Gasteiger partial charge in [-0.25, -0.2) is 9.36 Å². The molecule has 62 heavy (non-hydrogen) atoms. The first-order chi connectivity index (χ1) is 30.1. The zero-order chi connectivity index (χ0) is 45.6. The largest absolute Gasteiger partial charge is 0.480 e. The Morgan fingerprint density at radius 3 is 1.44 bits per heavy atom. The number of carbonyl (C=O) groups excluding carboxylic acids is 2. The molecule has 0 rings (SSSR count). The summed E-state index contributed by atoms with van der Waals surface area (Å²) in [6, 6.07) is -1.56. The molecule has 0 heterocycles. The van der Waals surface area contributed by atoms with Crippen LogP contribution in [0.25, 0.3) is 0 Å². The number of ether oxygens (including phenoxy) is 1. The van der Waals surface area contributed by atoms with E-state index in [4.69, 9.17) is 13.8 Å². The molecule has 0 bridgehead atoms. The van der Waals surface area contributed by atoms with Gasteiger partial charge in [-0.2, -0.15) is 0 Å². The second-order valence-corrected chi connectivity index (χ2v) is 17.0. The number of esters is 1. The van der Waals surface area contributed by atoms with E-state index in [0.29, 0.717) is 19.3 Å². The number of aliphatic carboxylic acids is 1. The Labute approximate surface area is 375 Å². The van der Waals surface area contributed by atoms with E-state index in [-0.39, 0.29) is 12.8 Å². The predicted octanol–water partition coefficient (Wildman–Crippen LogP) is 12.7. The van der Waals surface area contributed by atoms with Crippen LogP contribution in [0.4, 0.5) is 0 Å². The van der Waals surface area contributed by atoms with Crippen LogP contribution < -0.4 is 5.32 Å². The van der Waals surface area contributed by atoms with Gasteiger partial charge in [-0.1, -0.05) is 170 Å². The van der Waals surface area contributed by atoms with Crippen molar-refractivity contribution in [2.45, 2.75) is 193 Å². The number of carboxylic acids is 1. The van der Waals surface area contributed by atoms with Crippen molar-refractivity contribution in [1.29, 1.82) is 0 Å². The predicted molar refractivity (Wildman–Crippen MR) is 254 cm³/mol. The summed E-state index contributed by atoms with van der Waals surface area (Å²) in [7, 11) is -4.78. The van der Waals surface area contributed by atoms with Crippen LogP contribution in [0, 0.1) is 0 Å². The van der Waals surface area contributed by atoms with Crippen LogP contribution in [0.1, 0.15) is 181 Å². The lowest BCUT2D eigenvalue weighted by Crippen LogP contribution is -2.43. The van der Waals surface area contributed by atoms with Gasteiger partial charge in [0.25, 0.3) is 0 Å². The first-order valence-corrected chi connectivity index (χ1v) is 25.1. The van der Waals surface area contributed by atoms with E-state index in [9.17, 15) is 34.1 Å². The van der Waals surface area contributed by atoms with Crippen molar-refractivity contribution < 1.29 is 47.8 Å². The number of allylic oxidation sites excluding steroid dienone is 14. The average Bonchev–Trinajstić information content (AvgIpc) is 3.25. The van der Waals surface area contributed by atoms with Gasteiger partial charge < -0.3 is 25.2 Å². The van der Waals surface area contributed by atoms with Crippen molar-refractivity contribution in [1.82, 2.24) is 5.32 Å². The third-order valence-electron chi connectivity index (χ3n) is 9.67. The Hall–Kier alpha value is -3.34. The van der Waals surface area contributed by atoms with Gasteiger partial charge in [0.2, 0.25) is 5.91 Å². The summed E-state index contributed by atoms with van der Waals surface area (Å²) in [6.45, 7) is 2.40. The van der Waals surface area contributed by atoms with Gasteiger partial charge in [-0.3, -0.25) is 18.6 Å². The lowest BCUT2D eigenvalue weighted by atomic mass is 10.0. The third kappa shape index (κ3) is 43.3. The van der Waals surface area contributed by atoms with Crippen molar-refractivity contribution in [2.75, 3.05) is 19.8 Å². The van der Waals surface area contributed by atoms with Crippen LogP contribution in [0.2, 0.25) is 0 Å². The molecule has 0 aromatic heterocycles. The summed E-state index contributed by atoms with van der Waals surface area (Å²) in [5.74, 6) is -2.45. The monoisotopic (exact) mass is 890 g/mol. The lowest BCUT2D eigenvalue weighted by molar-refractivity contribution is -0.147. The van der Waals surface area contributed by atoms with Gasteiger partial charge in [0.15, 0.2) is 6.04 Å². The number of aliphatic hydroxyl groups is 1. The molecule has 0 spiro atoms. The van der Waals surface area contributed by atoms with E-state index in [0.717, 1.165) is 70.6 Å². The third-order valence-corrected chi connectivity index (χ3v) is 10.6. The Morgan fingerprint density at radius 1 is 0.532 bits per heavy atom. The van der Waals surface area contributed by atoms with E-state index in [1.165, 1.54) is 64.2 Å². The van der Waals surface area contributed by atoms with Gasteiger partial charge in [0.1, 0.15) is 12.7 Å². The number of phosphoric ester groups is 1. The van der Waals surface area contributed by atoms with Crippen molar-refractivity contribution in [2.24, 2.45) is 0 Å². The lowest BCUT2D eigenvalue weighted by Gasteiger charge is -2.18. The Kier molecular flexibility index (Phi) is 41.9. The van der Waals surface area contributed by atoms with Gasteiger partial charge >= 0.3 is 19.8 Å². The van der Waals surface area contributed by atoms with Gasteiger partial charge in [0.05, 0.1) is 13.2 Å². The molecule has 0 aliphatic rings. The molecule has 3 atom stereocenters. The summed E-state index contributed by atoms with van der Waals surface area (Å²) in [6.07, 6.45) is 54.7. The molecule has 354 valence electrons. The van der Waals surface area contributed by atoms with E-state index in [1.54, 1.807) is 0 Å². The minimum absolute atomic E-state index is 0.135. The molecule has 4 N–H and O–H groups in total. The first-order valence-electron chi connectivity index (χ1n) is 23.6. The van der Waals surface area contributed by atoms with Gasteiger partial charge in [-0.05, 0) is 83.5 Å². The molecule has 1 amide bonds. The minimum atomic E-state index is -4.78. The number of hydrogen-bond donors (Lipinski definition) is 4. The summed E-state index contributed by atoms with van der Waals surface area (Å²) >= 11 is 0. The second-order valence-electron chi connectivity index (χ2n) is 15.6. The summed E-state index contributed by atoms with van der Waals surface area (Å²) in [4.78, 5) is 46.0. The number of aliphatic hydroxyl groups excluding tert-OH is 1. The minimum Gasteiger partial charge on any atom is -0.480 e. The quantitative estimate of drug-likeness (QED) is 0.0200. The maximum absolute atomic E-state index is 12.4. The smallest absolute Gasteiger partial charge is 0.472 e.